The van der Waals surface area contributed by atoms with E-state index in [0.717, 1.165) is 36.3 Å². The fourth-order valence-electron chi connectivity index (χ4n) is 5.57. The lowest BCUT2D eigenvalue weighted by molar-refractivity contribution is -0.141. The lowest BCUT2D eigenvalue weighted by Crippen LogP contribution is -2.48. The molecular weight excluding hydrogens is 539 g/mol. The summed E-state index contributed by atoms with van der Waals surface area (Å²) in [5.74, 6) is 0.0868. The Kier molecular flexibility index (Phi) is 6.77. The van der Waals surface area contributed by atoms with Gasteiger partial charge in [0.2, 0.25) is 5.88 Å². The normalized spacial score (nSPS) is 21.1. The molecule has 2 fully saturated rings. The van der Waals surface area contributed by atoms with E-state index in [1.807, 2.05) is 20.8 Å². The van der Waals surface area contributed by atoms with E-state index in [2.05, 4.69) is 15.2 Å². The number of alkyl halides is 3. The quantitative estimate of drug-likeness (QED) is 0.426. The van der Waals surface area contributed by atoms with Crippen molar-refractivity contribution in [3.05, 3.63) is 59.8 Å². The van der Waals surface area contributed by atoms with Crippen molar-refractivity contribution in [2.24, 2.45) is 0 Å². The van der Waals surface area contributed by atoms with E-state index in [4.69, 9.17) is 19.2 Å². The second kappa shape index (κ2) is 10.2. The van der Waals surface area contributed by atoms with E-state index >= 15 is 0 Å². The van der Waals surface area contributed by atoms with Gasteiger partial charge >= 0.3 is 12.2 Å². The van der Waals surface area contributed by atoms with E-state index in [1.165, 1.54) is 12.3 Å². The van der Waals surface area contributed by atoms with E-state index in [0.29, 0.717) is 41.8 Å². The number of carbonyl (C=O) groups is 1. The summed E-state index contributed by atoms with van der Waals surface area (Å²) in [5.41, 5.74) is 2.07. The Morgan fingerprint density at radius 2 is 2.05 bits per heavy atom. The van der Waals surface area contributed by atoms with Gasteiger partial charge in [0.1, 0.15) is 12.7 Å². The molecule has 3 aromatic rings. The van der Waals surface area contributed by atoms with E-state index in [-0.39, 0.29) is 18.8 Å². The van der Waals surface area contributed by atoms with Crippen LogP contribution < -0.4 is 19.9 Å². The summed E-state index contributed by atoms with van der Waals surface area (Å²) in [6.45, 7) is 7.61. The predicted octanol–water partition coefficient (Wildman–Crippen LogP) is 5.63. The molecule has 12 heteroatoms. The third-order valence-corrected chi connectivity index (χ3v) is 7.41. The van der Waals surface area contributed by atoms with Crippen LogP contribution in [0.25, 0.3) is 11.3 Å². The van der Waals surface area contributed by atoms with Gasteiger partial charge in [-0.25, -0.2) is 14.8 Å². The van der Waals surface area contributed by atoms with E-state index < -0.39 is 23.6 Å². The molecule has 0 spiro atoms. The number of nitrogens with zero attached hydrogens (tertiary/aromatic N) is 4. The largest absolute Gasteiger partial charge is 0.475 e. The van der Waals surface area contributed by atoms with Gasteiger partial charge in [0.15, 0.2) is 11.6 Å². The van der Waals surface area contributed by atoms with Gasteiger partial charge in [0, 0.05) is 36.6 Å². The lowest BCUT2D eigenvalue weighted by Gasteiger charge is -2.37. The number of amides is 2. The van der Waals surface area contributed by atoms with Gasteiger partial charge in [0.05, 0.1) is 29.6 Å². The average Bonchev–Trinajstić information content (AvgIpc) is 3.49. The number of rotatable bonds is 5. The zero-order chi connectivity index (χ0) is 28.9. The number of hydrogen-bond acceptors (Lipinski definition) is 7. The highest BCUT2D eigenvalue weighted by atomic mass is 19.4. The first-order chi connectivity index (χ1) is 19.5. The minimum absolute atomic E-state index is 0.133. The Morgan fingerprint density at radius 1 is 1.22 bits per heavy atom. The number of anilines is 3. The van der Waals surface area contributed by atoms with Gasteiger partial charge < -0.3 is 24.4 Å². The van der Waals surface area contributed by atoms with Gasteiger partial charge in [-0.05, 0) is 57.0 Å². The molecule has 2 amide bonds. The van der Waals surface area contributed by atoms with Crippen molar-refractivity contribution in [1.29, 1.82) is 0 Å². The highest BCUT2D eigenvalue weighted by molar-refractivity contribution is 6.05. The molecule has 0 aliphatic carbocycles. The molecule has 3 aliphatic heterocycles. The van der Waals surface area contributed by atoms with Crippen molar-refractivity contribution in [3.63, 3.8) is 0 Å². The van der Waals surface area contributed by atoms with Gasteiger partial charge in [0.25, 0.3) is 0 Å². The minimum Gasteiger partial charge on any atom is -0.475 e. The van der Waals surface area contributed by atoms with Crippen LogP contribution >= 0.6 is 0 Å². The van der Waals surface area contributed by atoms with Crippen molar-refractivity contribution < 1.29 is 32.2 Å². The molecule has 1 N–H and O–H groups in total. The first-order valence-electron chi connectivity index (χ1n) is 13.4. The molecule has 9 nitrogen and oxygen atoms in total. The number of aryl methyl sites for hydroxylation is 1. The van der Waals surface area contributed by atoms with E-state index in [9.17, 15) is 18.0 Å². The molecular formula is C29H30F3N5O4. The maximum atomic E-state index is 13.7. The van der Waals surface area contributed by atoms with Gasteiger partial charge in [-0.2, -0.15) is 13.2 Å². The molecule has 2 atom stereocenters. The zero-order valence-electron chi connectivity index (χ0n) is 22.9. The standard InChI is InChI=1S/C29H30F3N5O4/c1-17-11-23(18-5-4-6-19(12-18)29(30,31)32)35-26-25(17)36-10-8-21(14-36)37(26)27(38)34-20-7-9-33-24(13-20)39-15-22-16-40-28(2,3)41-22/h4-7,9,11-13,21-22H,8,10,14-16H2,1-3H3,(H,33,34,38)/t21?,22-/m1/s1. The third kappa shape index (κ3) is 5.53. The van der Waals surface area contributed by atoms with Crippen molar-refractivity contribution in [1.82, 2.24) is 9.97 Å². The lowest BCUT2D eigenvalue weighted by atomic mass is 10.0. The number of urea groups is 1. The molecule has 1 aromatic carbocycles. The minimum atomic E-state index is -4.47. The summed E-state index contributed by atoms with van der Waals surface area (Å²) in [6, 6.07) is 9.60. The number of carbonyl (C=O) groups excluding carboxylic acids is 1. The molecule has 2 bridgehead atoms. The summed E-state index contributed by atoms with van der Waals surface area (Å²) in [6.07, 6.45) is -2.43. The number of aromatic nitrogens is 2. The highest BCUT2D eigenvalue weighted by Crippen LogP contribution is 2.43. The molecule has 0 saturated carbocycles. The highest BCUT2D eigenvalue weighted by Gasteiger charge is 2.41. The summed E-state index contributed by atoms with van der Waals surface area (Å²) in [7, 11) is 0. The average molecular weight is 570 g/mol. The number of benzene rings is 1. The van der Waals surface area contributed by atoms with Crippen LogP contribution in [-0.2, 0) is 15.7 Å². The molecule has 216 valence electrons. The maximum absolute atomic E-state index is 13.7. The monoisotopic (exact) mass is 569 g/mol. The van der Waals surface area contributed by atoms with Crippen LogP contribution in [0.15, 0.2) is 48.7 Å². The Hall–Kier alpha value is -3.90. The van der Waals surface area contributed by atoms with E-state index in [1.54, 1.807) is 29.2 Å². The number of ether oxygens (including phenoxy) is 3. The molecule has 2 aromatic heterocycles. The second-order valence-corrected chi connectivity index (χ2v) is 10.9. The number of hydrogen-bond donors (Lipinski definition) is 1. The smallest absolute Gasteiger partial charge is 0.416 e. The summed E-state index contributed by atoms with van der Waals surface area (Å²) in [5, 5.41) is 2.93. The van der Waals surface area contributed by atoms with Crippen LogP contribution in [-0.4, -0.2) is 60.2 Å². The molecule has 3 aliphatic rings. The number of pyridine rings is 2. The van der Waals surface area contributed by atoms with Crippen LogP contribution in [0.5, 0.6) is 5.88 Å². The zero-order valence-corrected chi connectivity index (χ0v) is 22.9. The molecule has 1 unspecified atom stereocenters. The van der Waals surface area contributed by atoms with Crippen LogP contribution in [0.2, 0.25) is 0 Å². The molecule has 0 radical (unpaired) electrons. The van der Waals surface area contributed by atoms with Gasteiger partial charge in [-0.1, -0.05) is 12.1 Å². The summed E-state index contributed by atoms with van der Waals surface area (Å²) >= 11 is 0. The van der Waals surface area contributed by atoms with Crippen LogP contribution in [0, 0.1) is 6.92 Å². The predicted molar refractivity (Wildman–Crippen MR) is 146 cm³/mol. The molecule has 2 saturated heterocycles. The fourth-order valence-corrected chi connectivity index (χ4v) is 5.57. The number of fused-ring (bicyclic) bond motifs is 4. The van der Waals surface area contributed by atoms with Crippen molar-refractivity contribution in [3.8, 4) is 17.1 Å². The first kappa shape index (κ1) is 27.3. The van der Waals surface area contributed by atoms with Crippen LogP contribution in [0.1, 0.15) is 31.4 Å². The fraction of sp³-hybridized carbons (Fsp3) is 0.414. The summed E-state index contributed by atoms with van der Waals surface area (Å²) < 4.78 is 57.3. The van der Waals surface area contributed by atoms with Crippen molar-refractivity contribution in [2.75, 3.05) is 41.4 Å². The Balaban J connectivity index is 1.25. The Labute approximate surface area is 235 Å². The summed E-state index contributed by atoms with van der Waals surface area (Å²) in [4.78, 5) is 26.5. The SMILES string of the molecule is Cc1cc(-c2cccc(C(F)(F)F)c2)nc2c1N1CCC(C1)N2C(=O)Nc1ccnc(OC[C@@H]2COC(C)(C)O2)c1. The van der Waals surface area contributed by atoms with Crippen molar-refractivity contribution >= 4 is 23.2 Å². The Bertz CT molecular complexity index is 1480. The van der Waals surface area contributed by atoms with Crippen molar-refractivity contribution in [2.45, 2.75) is 51.3 Å². The third-order valence-electron chi connectivity index (χ3n) is 7.41. The molecule has 41 heavy (non-hydrogen) atoms. The number of nitrogens with one attached hydrogen (secondary N) is 1. The topological polar surface area (TPSA) is 89.1 Å². The molecule has 6 rings (SSSR count). The van der Waals surface area contributed by atoms with Crippen LogP contribution in [0.3, 0.4) is 0 Å². The van der Waals surface area contributed by atoms with Crippen LogP contribution in [0.4, 0.5) is 35.2 Å². The number of halogens is 3. The Morgan fingerprint density at radius 3 is 2.80 bits per heavy atom. The molecule has 5 heterocycles. The second-order valence-electron chi connectivity index (χ2n) is 10.9. The first-order valence-corrected chi connectivity index (χ1v) is 13.4. The van der Waals surface area contributed by atoms with Gasteiger partial charge in [-0.15, -0.1) is 0 Å². The van der Waals surface area contributed by atoms with Gasteiger partial charge in [-0.3, -0.25) is 4.90 Å². The maximum Gasteiger partial charge on any atom is 0.416 e.